The largest absolute Gasteiger partial charge is 0.482 e. The van der Waals surface area contributed by atoms with E-state index in [1.165, 1.54) is 12.1 Å². The number of benzene rings is 1. The summed E-state index contributed by atoms with van der Waals surface area (Å²) < 4.78 is 5.25. The van der Waals surface area contributed by atoms with E-state index in [-0.39, 0.29) is 34.0 Å². The van der Waals surface area contributed by atoms with E-state index in [1.807, 2.05) is 0 Å². The molecule has 1 fully saturated rings. The van der Waals surface area contributed by atoms with Crippen molar-refractivity contribution in [3.05, 3.63) is 27.2 Å². The highest BCUT2D eigenvalue weighted by Gasteiger charge is 2.50. The zero-order valence-electron chi connectivity index (χ0n) is 10.8. The fourth-order valence-electron chi connectivity index (χ4n) is 1.69. The van der Waals surface area contributed by atoms with Crippen LogP contribution in [0.2, 0.25) is 15.1 Å². The first-order chi connectivity index (χ1) is 9.84. The van der Waals surface area contributed by atoms with Crippen LogP contribution < -0.4 is 10.1 Å². The first kappa shape index (κ1) is 16.2. The smallest absolute Gasteiger partial charge is 0.311 e. The van der Waals surface area contributed by atoms with Crippen molar-refractivity contribution >= 4 is 46.7 Å². The molecule has 8 heteroatoms. The minimum absolute atomic E-state index is 0.0969. The molecule has 1 aromatic rings. The molecule has 0 bridgehead atoms. The van der Waals surface area contributed by atoms with Gasteiger partial charge in [-0.1, -0.05) is 34.8 Å². The summed E-state index contributed by atoms with van der Waals surface area (Å²) in [5, 5.41) is 12.3. The average molecular weight is 353 g/mol. The van der Waals surface area contributed by atoms with Gasteiger partial charge in [-0.15, -0.1) is 0 Å². The SMILES string of the molecule is O=C(COc1cc(Cl)c(Cl)cc1Cl)NCC1(C(=O)O)CC1. The second kappa shape index (κ2) is 6.30. The standard InChI is InChI=1S/C13H12Cl3NO4/c14-7-3-9(16)10(4-8(7)15)21-5-11(18)17-6-13(1-2-13)12(19)20/h3-4H,1-2,5-6H2,(H,17,18)(H,19,20). The Morgan fingerprint density at radius 1 is 1.19 bits per heavy atom. The van der Waals surface area contributed by atoms with Crippen molar-refractivity contribution in [3.8, 4) is 5.75 Å². The molecule has 1 aromatic carbocycles. The summed E-state index contributed by atoms with van der Waals surface area (Å²) in [4.78, 5) is 22.6. The summed E-state index contributed by atoms with van der Waals surface area (Å²) in [5.41, 5.74) is -0.809. The fourth-order valence-corrected chi connectivity index (χ4v) is 2.29. The molecule has 0 atom stereocenters. The van der Waals surface area contributed by atoms with Gasteiger partial charge in [0.05, 0.1) is 20.5 Å². The molecule has 0 aromatic heterocycles. The lowest BCUT2D eigenvalue weighted by molar-refractivity contribution is -0.143. The molecule has 2 N–H and O–H groups in total. The highest BCUT2D eigenvalue weighted by Crippen LogP contribution is 2.45. The number of hydrogen-bond donors (Lipinski definition) is 2. The van der Waals surface area contributed by atoms with Gasteiger partial charge in [0.2, 0.25) is 0 Å². The minimum Gasteiger partial charge on any atom is -0.482 e. The summed E-state index contributed by atoms with van der Waals surface area (Å²) in [6.45, 7) is -0.187. The summed E-state index contributed by atoms with van der Waals surface area (Å²) in [6.07, 6.45) is 1.14. The molecule has 0 saturated heterocycles. The molecule has 0 heterocycles. The van der Waals surface area contributed by atoms with Crippen molar-refractivity contribution < 1.29 is 19.4 Å². The molecule has 0 aliphatic heterocycles. The summed E-state index contributed by atoms with van der Waals surface area (Å²) in [5.74, 6) is -1.08. The Balaban J connectivity index is 1.84. The lowest BCUT2D eigenvalue weighted by Crippen LogP contribution is -2.36. The van der Waals surface area contributed by atoms with Crippen LogP contribution >= 0.6 is 34.8 Å². The van der Waals surface area contributed by atoms with Gasteiger partial charge < -0.3 is 15.2 Å². The summed E-state index contributed by atoms with van der Waals surface area (Å²) in [7, 11) is 0. The molecule has 0 unspecified atom stereocenters. The maximum absolute atomic E-state index is 11.6. The van der Waals surface area contributed by atoms with E-state index in [2.05, 4.69) is 5.32 Å². The number of carbonyl (C=O) groups excluding carboxylic acids is 1. The lowest BCUT2D eigenvalue weighted by Gasteiger charge is -2.12. The molecule has 114 valence electrons. The zero-order valence-corrected chi connectivity index (χ0v) is 13.1. The van der Waals surface area contributed by atoms with Crippen LogP contribution in [0.25, 0.3) is 0 Å². The maximum Gasteiger partial charge on any atom is 0.311 e. The van der Waals surface area contributed by atoms with E-state index in [4.69, 9.17) is 44.6 Å². The number of aliphatic carboxylic acids is 1. The Hall–Kier alpha value is -1.17. The Bertz CT molecular complexity index is 587. The second-order valence-electron chi connectivity index (χ2n) is 4.85. The molecule has 5 nitrogen and oxygen atoms in total. The predicted octanol–water partition coefficient (Wildman–Crippen LogP) is 3.01. The van der Waals surface area contributed by atoms with Crippen molar-refractivity contribution in [2.45, 2.75) is 12.8 Å². The number of carboxylic acid groups (broad SMARTS) is 1. The number of amides is 1. The number of hydrogen-bond acceptors (Lipinski definition) is 3. The van der Waals surface area contributed by atoms with Gasteiger partial charge in [0.15, 0.2) is 6.61 Å². The molecule has 1 aliphatic carbocycles. The van der Waals surface area contributed by atoms with Gasteiger partial charge in [-0.25, -0.2) is 0 Å². The fraction of sp³-hybridized carbons (Fsp3) is 0.385. The monoisotopic (exact) mass is 351 g/mol. The van der Waals surface area contributed by atoms with Gasteiger partial charge in [0.1, 0.15) is 5.75 Å². The molecule has 1 aliphatic rings. The van der Waals surface area contributed by atoms with Gasteiger partial charge in [-0.3, -0.25) is 9.59 Å². The summed E-state index contributed by atoms with van der Waals surface area (Å²) >= 11 is 17.5. The van der Waals surface area contributed by atoms with E-state index >= 15 is 0 Å². The molecule has 0 spiro atoms. The normalized spacial score (nSPS) is 15.4. The highest BCUT2D eigenvalue weighted by atomic mass is 35.5. The number of rotatable bonds is 6. The van der Waals surface area contributed by atoms with Crippen LogP contribution in [0.15, 0.2) is 12.1 Å². The van der Waals surface area contributed by atoms with E-state index in [1.54, 1.807) is 0 Å². The Kier molecular flexibility index (Phi) is 4.86. The van der Waals surface area contributed by atoms with Crippen molar-refractivity contribution in [3.63, 3.8) is 0 Å². The first-order valence-electron chi connectivity index (χ1n) is 6.11. The molecular weight excluding hydrogens is 341 g/mol. The van der Waals surface area contributed by atoms with Crippen LogP contribution in [0.1, 0.15) is 12.8 Å². The van der Waals surface area contributed by atoms with Gasteiger partial charge in [0, 0.05) is 12.6 Å². The zero-order chi connectivity index (χ0) is 15.6. The van der Waals surface area contributed by atoms with Crippen LogP contribution in [0.3, 0.4) is 0 Å². The van der Waals surface area contributed by atoms with E-state index < -0.39 is 17.3 Å². The van der Waals surface area contributed by atoms with Crippen LogP contribution in [-0.4, -0.2) is 30.1 Å². The molecule has 1 amide bonds. The topological polar surface area (TPSA) is 75.6 Å². The van der Waals surface area contributed by atoms with Crippen molar-refractivity contribution in [2.75, 3.05) is 13.2 Å². The van der Waals surface area contributed by atoms with Crippen LogP contribution in [0, 0.1) is 5.41 Å². The van der Waals surface area contributed by atoms with Crippen LogP contribution in [-0.2, 0) is 9.59 Å². The number of nitrogens with one attached hydrogen (secondary N) is 1. The minimum atomic E-state index is -0.892. The maximum atomic E-state index is 11.6. The van der Waals surface area contributed by atoms with Gasteiger partial charge in [0.25, 0.3) is 5.91 Å². The molecule has 1 saturated carbocycles. The van der Waals surface area contributed by atoms with E-state index in [0.29, 0.717) is 12.8 Å². The van der Waals surface area contributed by atoms with Crippen molar-refractivity contribution in [1.29, 1.82) is 0 Å². The number of ether oxygens (including phenoxy) is 1. The third-order valence-electron chi connectivity index (χ3n) is 3.26. The Morgan fingerprint density at radius 2 is 1.81 bits per heavy atom. The van der Waals surface area contributed by atoms with Crippen molar-refractivity contribution in [1.82, 2.24) is 5.32 Å². The van der Waals surface area contributed by atoms with Gasteiger partial charge in [-0.05, 0) is 18.9 Å². The number of carboxylic acids is 1. The predicted molar refractivity (Wildman–Crippen MR) is 79.3 cm³/mol. The summed E-state index contributed by atoms with van der Waals surface area (Å²) in [6, 6.07) is 2.83. The second-order valence-corrected chi connectivity index (χ2v) is 6.07. The molecule has 21 heavy (non-hydrogen) atoms. The average Bonchev–Trinajstić information content (AvgIpc) is 3.20. The Morgan fingerprint density at radius 3 is 2.38 bits per heavy atom. The quantitative estimate of drug-likeness (QED) is 0.772. The van der Waals surface area contributed by atoms with E-state index in [9.17, 15) is 9.59 Å². The van der Waals surface area contributed by atoms with Crippen LogP contribution in [0.5, 0.6) is 5.75 Å². The molecular formula is C13H12Cl3NO4. The Labute approximate surface area is 136 Å². The van der Waals surface area contributed by atoms with Gasteiger partial charge in [-0.2, -0.15) is 0 Å². The van der Waals surface area contributed by atoms with Crippen LogP contribution in [0.4, 0.5) is 0 Å². The number of halogens is 3. The third-order valence-corrected chi connectivity index (χ3v) is 4.28. The van der Waals surface area contributed by atoms with Crippen molar-refractivity contribution in [2.24, 2.45) is 5.41 Å². The highest BCUT2D eigenvalue weighted by molar-refractivity contribution is 6.43. The van der Waals surface area contributed by atoms with E-state index in [0.717, 1.165) is 0 Å². The number of carbonyl (C=O) groups is 2. The molecule has 2 rings (SSSR count). The molecule has 0 radical (unpaired) electrons. The first-order valence-corrected chi connectivity index (χ1v) is 7.25. The van der Waals surface area contributed by atoms with Gasteiger partial charge >= 0.3 is 5.97 Å². The lowest BCUT2D eigenvalue weighted by atomic mass is 10.1. The third kappa shape index (κ3) is 3.93.